The number of benzene rings is 1. The molecule has 1 saturated heterocycles. The molecule has 3 aromatic rings. The molecule has 0 radical (unpaired) electrons. The lowest BCUT2D eigenvalue weighted by Gasteiger charge is -2.25. The van der Waals surface area contributed by atoms with E-state index >= 15 is 0 Å². The molecule has 26 heavy (non-hydrogen) atoms. The van der Waals surface area contributed by atoms with Gasteiger partial charge in [0.2, 0.25) is 0 Å². The number of aromatic nitrogens is 3. The fraction of sp³-hybridized carbons (Fsp3) is 0.350. The van der Waals surface area contributed by atoms with Gasteiger partial charge in [0.15, 0.2) is 0 Å². The number of carbonyl (C=O) groups is 1. The Labute approximate surface area is 151 Å². The minimum atomic E-state index is -0.166. The molecule has 0 aliphatic carbocycles. The summed E-state index contributed by atoms with van der Waals surface area (Å²) in [5, 5.41) is 5.24. The molecule has 1 aromatic carbocycles. The first-order valence-electron chi connectivity index (χ1n) is 8.87. The fourth-order valence-electron chi connectivity index (χ4n) is 4.02. The Balaban J connectivity index is 1.81. The van der Waals surface area contributed by atoms with Crippen LogP contribution in [0.2, 0.25) is 0 Å². The molecule has 1 aliphatic rings. The predicted octanol–water partition coefficient (Wildman–Crippen LogP) is 2.56. The lowest BCUT2D eigenvalue weighted by Crippen LogP contribution is -2.32. The van der Waals surface area contributed by atoms with Gasteiger partial charge in [-0.05, 0) is 25.8 Å². The van der Waals surface area contributed by atoms with Gasteiger partial charge in [0.05, 0.1) is 22.8 Å². The third-order valence-corrected chi connectivity index (χ3v) is 5.31. The Morgan fingerprint density at radius 3 is 2.73 bits per heavy atom. The molecular weight excluding hydrogens is 328 g/mol. The van der Waals surface area contributed by atoms with Crippen molar-refractivity contribution in [1.82, 2.24) is 19.2 Å². The molecule has 1 atom stereocenters. The topological polar surface area (TPSA) is 60.1 Å². The minimum absolute atomic E-state index is 0.0130. The second kappa shape index (κ2) is 6.12. The van der Waals surface area contributed by atoms with Crippen LogP contribution in [0.3, 0.4) is 0 Å². The lowest BCUT2D eigenvalue weighted by atomic mass is 10.0. The molecular formula is C20H22N4O2. The first-order chi connectivity index (χ1) is 12.5. The number of likely N-dealkylation sites (tertiary alicyclic amines) is 1. The number of pyridine rings is 1. The second-order valence-corrected chi connectivity index (χ2v) is 6.97. The van der Waals surface area contributed by atoms with Gasteiger partial charge in [0.1, 0.15) is 0 Å². The average molecular weight is 350 g/mol. The van der Waals surface area contributed by atoms with Crippen LogP contribution < -0.4 is 5.56 Å². The fourth-order valence-corrected chi connectivity index (χ4v) is 4.02. The van der Waals surface area contributed by atoms with E-state index in [1.54, 1.807) is 16.3 Å². The molecule has 2 aromatic heterocycles. The van der Waals surface area contributed by atoms with Gasteiger partial charge in [-0.1, -0.05) is 18.2 Å². The smallest absolute Gasteiger partial charge is 0.255 e. The summed E-state index contributed by atoms with van der Waals surface area (Å²) >= 11 is 0. The quantitative estimate of drug-likeness (QED) is 0.714. The molecule has 3 heterocycles. The standard InChI is InChI=1S/C20H22N4O2/c1-13-16(12-22(2)21-13)18-9-6-10-24(18)20(26)15-11-19(25)23(3)17-8-5-4-7-14(15)17/h4-5,7-8,11-12,18H,6,9-10H2,1-3H3. The summed E-state index contributed by atoms with van der Waals surface area (Å²) in [4.78, 5) is 27.6. The van der Waals surface area contributed by atoms with E-state index in [0.717, 1.165) is 35.0 Å². The summed E-state index contributed by atoms with van der Waals surface area (Å²) in [6.07, 6.45) is 3.86. The van der Waals surface area contributed by atoms with Crippen molar-refractivity contribution in [3.05, 3.63) is 63.7 Å². The van der Waals surface area contributed by atoms with Gasteiger partial charge in [-0.25, -0.2) is 0 Å². The highest BCUT2D eigenvalue weighted by Gasteiger charge is 2.33. The minimum Gasteiger partial charge on any atom is -0.331 e. The van der Waals surface area contributed by atoms with Crippen molar-refractivity contribution < 1.29 is 4.79 Å². The van der Waals surface area contributed by atoms with Gasteiger partial charge in [-0.3, -0.25) is 14.3 Å². The molecule has 1 unspecified atom stereocenters. The van der Waals surface area contributed by atoms with Gasteiger partial charge in [-0.2, -0.15) is 5.10 Å². The molecule has 0 saturated carbocycles. The molecule has 134 valence electrons. The lowest BCUT2D eigenvalue weighted by molar-refractivity contribution is 0.0737. The number of hydrogen-bond donors (Lipinski definition) is 0. The maximum Gasteiger partial charge on any atom is 0.255 e. The van der Waals surface area contributed by atoms with Crippen LogP contribution in [-0.2, 0) is 14.1 Å². The van der Waals surface area contributed by atoms with E-state index in [2.05, 4.69) is 5.10 Å². The number of aryl methyl sites for hydroxylation is 3. The van der Waals surface area contributed by atoms with Crippen LogP contribution in [0.4, 0.5) is 0 Å². The van der Waals surface area contributed by atoms with Crippen LogP contribution in [0, 0.1) is 6.92 Å². The van der Waals surface area contributed by atoms with E-state index in [4.69, 9.17) is 0 Å². The van der Waals surface area contributed by atoms with Crippen LogP contribution in [-0.4, -0.2) is 31.7 Å². The Bertz CT molecular complexity index is 1060. The first kappa shape index (κ1) is 16.6. The van der Waals surface area contributed by atoms with Crippen molar-refractivity contribution in [2.75, 3.05) is 6.54 Å². The Morgan fingerprint density at radius 2 is 2.00 bits per heavy atom. The molecule has 1 amide bonds. The van der Waals surface area contributed by atoms with Crippen molar-refractivity contribution in [3.63, 3.8) is 0 Å². The first-order valence-corrected chi connectivity index (χ1v) is 8.87. The van der Waals surface area contributed by atoms with E-state index in [1.165, 1.54) is 6.07 Å². The van der Waals surface area contributed by atoms with Gasteiger partial charge in [0, 0.05) is 43.9 Å². The molecule has 0 spiro atoms. The molecule has 1 aliphatic heterocycles. The summed E-state index contributed by atoms with van der Waals surface area (Å²) in [7, 11) is 3.63. The van der Waals surface area contributed by atoms with Gasteiger partial charge in [-0.15, -0.1) is 0 Å². The summed E-state index contributed by atoms with van der Waals surface area (Å²) in [6, 6.07) is 9.04. The molecule has 0 N–H and O–H groups in total. The largest absolute Gasteiger partial charge is 0.331 e. The van der Waals surface area contributed by atoms with Crippen molar-refractivity contribution in [2.24, 2.45) is 14.1 Å². The van der Waals surface area contributed by atoms with Crippen LogP contribution in [0.5, 0.6) is 0 Å². The van der Waals surface area contributed by atoms with Crippen LogP contribution in [0.25, 0.3) is 10.9 Å². The zero-order valence-corrected chi connectivity index (χ0v) is 15.3. The molecule has 1 fully saturated rings. The molecule has 0 bridgehead atoms. The summed E-state index contributed by atoms with van der Waals surface area (Å²) in [5.41, 5.74) is 3.13. The van der Waals surface area contributed by atoms with Crippen molar-refractivity contribution >= 4 is 16.8 Å². The Morgan fingerprint density at radius 1 is 1.23 bits per heavy atom. The van der Waals surface area contributed by atoms with E-state index < -0.39 is 0 Å². The number of amides is 1. The number of rotatable bonds is 2. The number of hydrogen-bond acceptors (Lipinski definition) is 3. The van der Waals surface area contributed by atoms with Crippen LogP contribution >= 0.6 is 0 Å². The van der Waals surface area contributed by atoms with E-state index in [0.29, 0.717) is 12.1 Å². The maximum absolute atomic E-state index is 13.4. The summed E-state index contributed by atoms with van der Waals surface area (Å²) in [5.74, 6) is -0.0790. The normalized spacial score (nSPS) is 17.2. The van der Waals surface area contributed by atoms with Crippen LogP contribution in [0.15, 0.2) is 41.3 Å². The van der Waals surface area contributed by atoms with Crippen molar-refractivity contribution in [3.8, 4) is 0 Å². The van der Waals surface area contributed by atoms with Gasteiger partial charge < -0.3 is 9.47 Å². The van der Waals surface area contributed by atoms with E-state index in [1.807, 2.05) is 49.3 Å². The molecule has 4 rings (SSSR count). The van der Waals surface area contributed by atoms with Gasteiger partial charge >= 0.3 is 0 Å². The van der Waals surface area contributed by atoms with Crippen molar-refractivity contribution in [2.45, 2.75) is 25.8 Å². The summed E-state index contributed by atoms with van der Waals surface area (Å²) < 4.78 is 3.37. The van der Waals surface area contributed by atoms with Gasteiger partial charge in [0.25, 0.3) is 11.5 Å². The van der Waals surface area contributed by atoms with E-state index in [9.17, 15) is 9.59 Å². The number of para-hydroxylation sites is 1. The highest BCUT2D eigenvalue weighted by atomic mass is 16.2. The zero-order chi connectivity index (χ0) is 18.4. The summed E-state index contributed by atoms with van der Waals surface area (Å²) in [6.45, 7) is 2.67. The number of nitrogens with zero attached hydrogens (tertiary/aromatic N) is 4. The highest BCUT2D eigenvalue weighted by Crippen LogP contribution is 2.35. The molecule has 6 nitrogen and oxygen atoms in total. The zero-order valence-electron chi connectivity index (χ0n) is 15.3. The maximum atomic E-state index is 13.4. The van der Waals surface area contributed by atoms with E-state index in [-0.39, 0.29) is 17.5 Å². The molecule has 6 heteroatoms. The number of fused-ring (bicyclic) bond motifs is 1. The highest BCUT2D eigenvalue weighted by molar-refractivity contribution is 6.06. The third-order valence-electron chi connectivity index (χ3n) is 5.31. The Kier molecular flexibility index (Phi) is 3.90. The monoisotopic (exact) mass is 350 g/mol. The number of carbonyl (C=O) groups excluding carboxylic acids is 1. The predicted molar refractivity (Wildman–Crippen MR) is 100 cm³/mol. The van der Waals surface area contributed by atoms with Crippen LogP contribution in [0.1, 0.15) is 40.5 Å². The average Bonchev–Trinajstić information content (AvgIpc) is 3.23. The third kappa shape index (κ3) is 2.53. The Hall–Kier alpha value is -2.89. The van der Waals surface area contributed by atoms with Crippen molar-refractivity contribution in [1.29, 1.82) is 0 Å². The SMILES string of the molecule is Cc1nn(C)cc1C1CCCN1C(=O)c1cc(=O)n(C)c2ccccc12. The second-order valence-electron chi connectivity index (χ2n) is 6.97.